The Balaban J connectivity index is 2.15. The highest BCUT2D eigenvalue weighted by atomic mass is 35.5. The molecule has 2 amide bonds. The summed E-state index contributed by atoms with van der Waals surface area (Å²) in [7, 11) is 0. The van der Waals surface area contributed by atoms with E-state index >= 15 is 0 Å². The maximum atomic E-state index is 13.0. The van der Waals surface area contributed by atoms with Crippen LogP contribution in [-0.4, -0.2) is 35.4 Å². The van der Waals surface area contributed by atoms with Crippen molar-refractivity contribution in [3.63, 3.8) is 0 Å². The summed E-state index contributed by atoms with van der Waals surface area (Å²) in [5, 5.41) is 4.18. The SMILES string of the molecule is CC[C@@H](C)NC(=O)[C@@H](C)N(Cc1ccc(Cl)cc1)C(=O)COc1ccc(Cl)c(C)c1. The predicted octanol–water partition coefficient (Wildman–Crippen LogP) is 5.01. The van der Waals surface area contributed by atoms with E-state index in [1.165, 1.54) is 4.90 Å². The van der Waals surface area contributed by atoms with E-state index < -0.39 is 6.04 Å². The molecule has 2 aromatic rings. The van der Waals surface area contributed by atoms with Crippen LogP contribution in [0.4, 0.5) is 0 Å². The molecule has 1 N–H and O–H groups in total. The fraction of sp³-hybridized carbons (Fsp3) is 0.391. The van der Waals surface area contributed by atoms with Crippen LogP contribution in [0.25, 0.3) is 0 Å². The Bertz CT molecular complexity index is 871. The van der Waals surface area contributed by atoms with Gasteiger partial charge in [-0.3, -0.25) is 9.59 Å². The number of nitrogens with one attached hydrogen (secondary N) is 1. The fourth-order valence-electron chi connectivity index (χ4n) is 2.77. The van der Waals surface area contributed by atoms with Crippen molar-refractivity contribution in [1.29, 1.82) is 0 Å². The number of rotatable bonds is 9. The Morgan fingerprint density at radius 3 is 2.37 bits per heavy atom. The van der Waals surface area contributed by atoms with E-state index in [0.29, 0.717) is 15.8 Å². The number of nitrogens with zero attached hydrogens (tertiary/aromatic N) is 1. The molecule has 0 saturated heterocycles. The lowest BCUT2D eigenvalue weighted by Crippen LogP contribution is -2.50. The van der Waals surface area contributed by atoms with Crippen molar-refractivity contribution >= 4 is 35.0 Å². The lowest BCUT2D eigenvalue weighted by Gasteiger charge is -2.29. The summed E-state index contributed by atoms with van der Waals surface area (Å²) in [5.41, 5.74) is 1.74. The minimum Gasteiger partial charge on any atom is -0.484 e. The van der Waals surface area contributed by atoms with E-state index in [2.05, 4.69) is 5.32 Å². The number of ether oxygens (including phenoxy) is 1. The quantitative estimate of drug-likeness (QED) is 0.583. The third-order valence-electron chi connectivity index (χ3n) is 4.93. The summed E-state index contributed by atoms with van der Waals surface area (Å²) >= 11 is 12.0. The highest BCUT2D eigenvalue weighted by molar-refractivity contribution is 6.31. The van der Waals surface area contributed by atoms with Crippen LogP contribution in [0.2, 0.25) is 10.0 Å². The van der Waals surface area contributed by atoms with Gasteiger partial charge in [0.15, 0.2) is 6.61 Å². The molecular weight excluding hydrogens is 423 g/mol. The average molecular weight is 451 g/mol. The van der Waals surface area contributed by atoms with Crippen LogP contribution in [0, 0.1) is 6.92 Å². The summed E-state index contributed by atoms with van der Waals surface area (Å²) < 4.78 is 5.67. The Morgan fingerprint density at radius 2 is 1.77 bits per heavy atom. The lowest BCUT2D eigenvalue weighted by molar-refractivity contribution is -0.142. The molecule has 0 bridgehead atoms. The van der Waals surface area contributed by atoms with Crippen molar-refractivity contribution < 1.29 is 14.3 Å². The summed E-state index contributed by atoms with van der Waals surface area (Å²) in [6, 6.07) is 11.8. The molecule has 0 radical (unpaired) electrons. The second kappa shape index (κ2) is 11.2. The molecule has 0 spiro atoms. The van der Waals surface area contributed by atoms with Gasteiger partial charge in [-0.1, -0.05) is 42.3 Å². The number of hydrogen-bond donors (Lipinski definition) is 1. The van der Waals surface area contributed by atoms with E-state index in [0.717, 1.165) is 17.5 Å². The van der Waals surface area contributed by atoms with Gasteiger partial charge in [0.2, 0.25) is 5.91 Å². The standard InChI is InChI=1S/C23H28Cl2N2O3/c1-5-16(3)26-23(29)17(4)27(13-18-6-8-19(24)9-7-18)22(28)14-30-20-10-11-21(25)15(2)12-20/h6-12,16-17H,5,13-14H2,1-4H3,(H,26,29)/t16-,17-/m1/s1. The molecule has 30 heavy (non-hydrogen) atoms. The zero-order valence-electron chi connectivity index (χ0n) is 17.7. The zero-order valence-corrected chi connectivity index (χ0v) is 19.3. The number of carbonyl (C=O) groups excluding carboxylic acids is 2. The third-order valence-corrected chi connectivity index (χ3v) is 5.60. The Kier molecular flexibility index (Phi) is 9.00. The first-order chi connectivity index (χ1) is 14.2. The van der Waals surface area contributed by atoms with E-state index in [-0.39, 0.29) is 31.0 Å². The molecule has 0 saturated carbocycles. The van der Waals surface area contributed by atoms with Gasteiger partial charge >= 0.3 is 0 Å². The van der Waals surface area contributed by atoms with Gasteiger partial charge in [0.25, 0.3) is 5.91 Å². The van der Waals surface area contributed by atoms with Crippen LogP contribution in [-0.2, 0) is 16.1 Å². The van der Waals surface area contributed by atoms with Gasteiger partial charge in [0, 0.05) is 22.6 Å². The Morgan fingerprint density at radius 1 is 1.10 bits per heavy atom. The number of aryl methyl sites for hydroxylation is 1. The van der Waals surface area contributed by atoms with Crippen LogP contribution in [0.15, 0.2) is 42.5 Å². The van der Waals surface area contributed by atoms with Gasteiger partial charge in [-0.05, 0) is 68.7 Å². The van der Waals surface area contributed by atoms with Gasteiger partial charge < -0.3 is 15.0 Å². The van der Waals surface area contributed by atoms with Crippen LogP contribution in [0.5, 0.6) is 5.75 Å². The van der Waals surface area contributed by atoms with Crippen LogP contribution in [0.3, 0.4) is 0 Å². The van der Waals surface area contributed by atoms with Crippen LogP contribution >= 0.6 is 23.2 Å². The molecule has 5 nitrogen and oxygen atoms in total. The van der Waals surface area contributed by atoms with Crippen molar-refractivity contribution in [3.8, 4) is 5.75 Å². The van der Waals surface area contributed by atoms with Crippen molar-refractivity contribution in [2.24, 2.45) is 0 Å². The second-order valence-corrected chi connectivity index (χ2v) is 8.19. The molecule has 2 aromatic carbocycles. The number of halogens is 2. The Labute approximate surface area is 188 Å². The topological polar surface area (TPSA) is 58.6 Å². The second-order valence-electron chi connectivity index (χ2n) is 7.34. The van der Waals surface area contributed by atoms with E-state index in [9.17, 15) is 9.59 Å². The highest BCUT2D eigenvalue weighted by Gasteiger charge is 2.27. The monoisotopic (exact) mass is 450 g/mol. The summed E-state index contributed by atoms with van der Waals surface area (Å²) in [4.78, 5) is 27.2. The largest absolute Gasteiger partial charge is 0.484 e. The molecular formula is C23H28Cl2N2O3. The van der Waals surface area contributed by atoms with E-state index in [1.807, 2.05) is 32.9 Å². The molecule has 0 aromatic heterocycles. The number of amides is 2. The first-order valence-corrected chi connectivity index (χ1v) is 10.7. The minimum absolute atomic E-state index is 0.0285. The molecule has 0 aliphatic rings. The molecule has 0 aliphatic carbocycles. The van der Waals surface area contributed by atoms with E-state index in [4.69, 9.17) is 27.9 Å². The highest BCUT2D eigenvalue weighted by Crippen LogP contribution is 2.21. The third kappa shape index (κ3) is 6.92. The average Bonchev–Trinajstić information content (AvgIpc) is 2.73. The lowest BCUT2D eigenvalue weighted by atomic mass is 10.1. The van der Waals surface area contributed by atoms with Gasteiger partial charge in [-0.2, -0.15) is 0 Å². The van der Waals surface area contributed by atoms with Crippen molar-refractivity contribution in [2.45, 2.75) is 52.7 Å². The van der Waals surface area contributed by atoms with Gasteiger partial charge in [-0.25, -0.2) is 0 Å². The molecule has 7 heteroatoms. The maximum Gasteiger partial charge on any atom is 0.261 e. The summed E-state index contributed by atoms with van der Waals surface area (Å²) in [5.74, 6) is 0.0618. The molecule has 2 rings (SSSR count). The molecule has 0 heterocycles. The normalized spacial score (nSPS) is 12.7. The summed E-state index contributed by atoms with van der Waals surface area (Å²) in [6.07, 6.45) is 0.808. The number of benzene rings is 2. The number of carbonyl (C=O) groups is 2. The minimum atomic E-state index is -0.655. The van der Waals surface area contributed by atoms with E-state index in [1.54, 1.807) is 37.3 Å². The van der Waals surface area contributed by atoms with Crippen LogP contribution in [0.1, 0.15) is 38.3 Å². The Hall–Kier alpha value is -2.24. The predicted molar refractivity (Wildman–Crippen MR) is 121 cm³/mol. The van der Waals surface area contributed by atoms with Gasteiger partial charge in [0.05, 0.1) is 0 Å². The first-order valence-electron chi connectivity index (χ1n) is 9.94. The maximum absolute atomic E-state index is 13.0. The van der Waals surface area contributed by atoms with Crippen molar-refractivity contribution in [2.75, 3.05) is 6.61 Å². The molecule has 2 atom stereocenters. The van der Waals surface area contributed by atoms with Gasteiger partial charge in [0.1, 0.15) is 11.8 Å². The van der Waals surface area contributed by atoms with Crippen molar-refractivity contribution in [1.82, 2.24) is 10.2 Å². The summed E-state index contributed by atoms with van der Waals surface area (Å²) in [6.45, 7) is 7.60. The van der Waals surface area contributed by atoms with Crippen LogP contribution < -0.4 is 10.1 Å². The molecule has 0 aliphatic heterocycles. The zero-order chi connectivity index (χ0) is 22.3. The van der Waals surface area contributed by atoms with Crippen molar-refractivity contribution in [3.05, 3.63) is 63.6 Å². The molecule has 162 valence electrons. The molecule has 0 fully saturated rings. The fourth-order valence-corrected chi connectivity index (χ4v) is 3.01. The smallest absolute Gasteiger partial charge is 0.261 e. The number of hydrogen-bond acceptors (Lipinski definition) is 3. The first kappa shape index (κ1) is 24.0. The van der Waals surface area contributed by atoms with Gasteiger partial charge in [-0.15, -0.1) is 0 Å². The molecule has 0 unspecified atom stereocenters.